The van der Waals surface area contributed by atoms with Gasteiger partial charge in [0.05, 0.1) is 5.41 Å². The third-order valence-electron chi connectivity index (χ3n) is 4.59. The number of carbonyl (C=O) groups is 1. The number of halogens is 1. The maximum Gasteiger partial charge on any atom is 0.234 e. The first kappa shape index (κ1) is 12.6. The summed E-state index contributed by atoms with van der Waals surface area (Å²) in [5.41, 5.74) is 7.25. The second-order valence-corrected chi connectivity index (χ2v) is 5.67. The molecule has 0 atom stereocenters. The van der Waals surface area contributed by atoms with E-state index in [1.807, 2.05) is 0 Å². The summed E-state index contributed by atoms with van der Waals surface area (Å²) in [6.07, 6.45) is 4.66. The summed E-state index contributed by atoms with van der Waals surface area (Å²) in [6, 6.07) is 4.71. The third kappa shape index (κ3) is 1.94. The van der Waals surface area contributed by atoms with Gasteiger partial charge >= 0.3 is 0 Å². The van der Waals surface area contributed by atoms with Crippen LogP contribution in [0.15, 0.2) is 18.2 Å². The van der Waals surface area contributed by atoms with Crippen molar-refractivity contribution in [2.45, 2.75) is 32.1 Å². The molecule has 1 aliphatic heterocycles. The Kier molecular flexibility index (Phi) is 3.05. The van der Waals surface area contributed by atoms with Gasteiger partial charge in [-0.3, -0.25) is 4.79 Å². The van der Waals surface area contributed by atoms with Gasteiger partial charge in [0.15, 0.2) is 0 Å². The SMILES string of the molecule is NCC1(C(=O)N2CCc3ccc(F)cc32)CCCC1. The molecule has 1 fully saturated rings. The van der Waals surface area contributed by atoms with E-state index in [4.69, 9.17) is 5.73 Å². The first-order valence-electron chi connectivity index (χ1n) is 6.97. The van der Waals surface area contributed by atoms with Crippen molar-refractivity contribution in [1.82, 2.24) is 0 Å². The monoisotopic (exact) mass is 262 g/mol. The second kappa shape index (κ2) is 4.60. The molecule has 0 bridgehead atoms. The standard InChI is InChI=1S/C15H19FN2O/c16-12-4-3-11-5-8-18(13(11)9-12)14(19)15(10-17)6-1-2-7-15/h3-4,9H,1-2,5-8,10,17H2. The molecule has 4 heteroatoms. The van der Waals surface area contributed by atoms with Gasteiger partial charge in [-0.15, -0.1) is 0 Å². The maximum atomic E-state index is 13.4. The average Bonchev–Trinajstić information content (AvgIpc) is 3.05. The van der Waals surface area contributed by atoms with Crippen LogP contribution in [0.2, 0.25) is 0 Å². The van der Waals surface area contributed by atoms with Crippen LogP contribution in [0.3, 0.4) is 0 Å². The van der Waals surface area contributed by atoms with E-state index in [0.29, 0.717) is 13.1 Å². The zero-order chi connectivity index (χ0) is 13.5. The third-order valence-corrected chi connectivity index (χ3v) is 4.59. The summed E-state index contributed by atoms with van der Waals surface area (Å²) in [7, 11) is 0. The van der Waals surface area contributed by atoms with Crippen molar-refractivity contribution in [3.8, 4) is 0 Å². The Labute approximate surface area is 112 Å². The van der Waals surface area contributed by atoms with Crippen molar-refractivity contribution in [2.24, 2.45) is 11.1 Å². The van der Waals surface area contributed by atoms with E-state index in [-0.39, 0.29) is 11.7 Å². The number of hydrogen-bond donors (Lipinski definition) is 1. The van der Waals surface area contributed by atoms with Gasteiger partial charge in [0.1, 0.15) is 5.82 Å². The molecule has 102 valence electrons. The van der Waals surface area contributed by atoms with Gasteiger partial charge in [-0.2, -0.15) is 0 Å². The predicted molar refractivity (Wildman–Crippen MR) is 72.4 cm³/mol. The van der Waals surface area contributed by atoms with Crippen LogP contribution in [-0.2, 0) is 11.2 Å². The lowest BCUT2D eigenvalue weighted by Gasteiger charge is -2.31. The predicted octanol–water partition coefficient (Wildman–Crippen LogP) is 2.23. The van der Waals surface area contributed by atoms with E-state index in [1.54, 1.807) is 11.0 Å². The van der Waals surface area contributed by atoms with Crippen LogP contribution in [0.4, 0.5) is 10.1 Å². The van der Waals surface area contributed by atoms with Crippen LogP contribution in [-0.4, -0.2) is 19.0 Å². The van der Waals surface area contributed by atoms with Crippen molar-refractivity contribution in [1.29, 1.82) is 0 Å². The molecule has 2 aliphatic rings. The fourth-order valence-corrected chi connectivity index (χ4v) is 3.41. The number of nitrogens with two attached hydrogens (primary N) is 1. The molecule has 0 radical (unpaired) electrons. The van der Waals surface area contributed by atoms with Crippen LogP contribution in [0, 0.1) is 11.2 Å². The van der Waals surface area contributed by atoms with Gasteiger partial charge in [-0.25, -0.2) is 4.39 Å². The molecule has 1 heterocycles. The summed E-state index contributed by atoms with van der Waals surface area (Å²) in [6.45, 7) is 1.05. The first-order valence-corrected chi connectivity index (χ1v) is 6.97. The lowest BCUT2D eigenvalue weighted by molar-refractivity contribution is -0.127. The molecule has 3 rings (SSSR count). The van der Waals surface area contributed by atoms with E-state index in [0.717, 1.165) is 43.4 Å². The van der Waals surface area contributed by atoms with Crippen LogP contribution < -0.4 is 10.6 Å². The molecule has 0 unspecified atom stereocenters. The number of carbonyl (C=O) groups excluding carboxylic acids is 1. The van der Waals surface area contributed by atoms with Gasteiger partial charge in [0, 0.05) is 18.8 Å². The van der Waals surface area contributed by atoms with Crippen molar-refractivity contribution >= 4 is 11.6 Å². The van der Waals surface area contributed by atoms with Crippen LogP contribution >= 0.6 is 0 Å². The van der Waals surface area contributed by atoms with Gasteiger partial charge in [0.25, 0.3) is 0 Å². The molecule has 1 aliphatic carbocycles. The summed E-state index contributed by atoms with van der Waals surface area (Å²) in [5, 5.41) is 0. The molecule has 1 aromatic rings. The number of anilines is 1. The highest BCUT2D eigenvalue weighted by atomic mass is 19.1. The van der Waals surface area contributed by atoms with Crippen molar-refractivity contribution < 1.29 is 9.18 Å². The van der Waals surface area contributed by atoms with Gasteiger partial charge in [-0.1, -0.05) is 18.9 Å². The summed E-state index contributed by atoms with van der Waals surface area (Å²) in [5.74, 6) is -0.191. The largest absolute Gasteiger partial charge is 0.329 e. The molecular weight excluding hydrogens is 243 g/mol. The number of hydrogen-bond acceptors (Lipinski definition) is 2. The number of fused-ring (bicyclic) bond motifs is 1. The highest BCUT2D eigenvalue weighted by molar-refractivity contribution is 5.99. The van der Waals surface area contributed by atoms with E-state index in [1.165, 1.54) is 12.1 Å². The lowest BCUT2D eigenvalue weighted by atomic mass is 9.84. The van der Waals surface area contributed by atoms with Crippen molar-refractivity contribution in [2.75, 3.05) is 18.0 Å². The molecule has 1 amide bonds. The molecule has 3 nitrogen and oxygen atoms in total. The molecular formula is C15H19FN2O. The van der Waals surface area contributed by atoms with E-state index >= 15 is 0 Å². The Bertz CT molecular complexity index is 509. The normalized spacial score (nSPS) is 20.6. The molecule has 1 aromatic carbocycles. The number of benzene rings is 1. The number of nitrogens with zero attached hydrogens (tertiary/aromatic N) is 1. The molecule has 19 heavy (non-hydrogen) atoms. The molecule has 0 saturated heterocycles. The molecule has 0 spiro atoms. The Morgan fingerprint density at radius 2 is 2.11 bits per heavy atom. The number of amides is 1. The summed E-state index contributed by atoms with van der Waals surface area (Å²) in [4.78, 5) is 14.5. The van der Waals surface area contributed by atoms with E-state index < -0.39 is 5.41 Å². The minimum absolute atomic E-state index is 0.0943. The fourth-order valence-electron chi connectivity index (χ4n) is 3.41. The van der Waals surface area contributed by atoms with Gasteiger partial charge in [0.2, 0.25) is 5.91 Å². The minimum atomic E-state index is -0.409. The Morgan fingerprint density at radius 1 is 1.37 bits per heavy atom. The van der Waals surface area contributed by atoms with E-state index in [2.05, 4.69) is 0 Å². The molecule has 0 aromatic heterocycles. The Hall–Kier alpha value is -1.42. The second-order valence-electron chi connectivity index (χ2n) is 5.67. The topological polar surface area (TPSA) is 46.3 Å². The van der Waals surface area contributed by atoms with Crippen LogP contribution in [0.1, 0.15) is 31.2 Å². The zero-order valence-corrected chi connectivity index (χ0v) is 11.0. The van der Waals surface area contributed by atoms with Crippen molar-refractivity contribution in [3.63, 3.8) is 0 Å². The average molecular weight is 262 g/mol. The molecule has 1 saturated carbocycles. The maximum absolute atomic E-state index is 13.4. The quantitative estimate of drug-likeness (QED) is 0.888. The smallest absolute Gasteiger partial charge is 0.234 e. The summed E-state index contributed by atoms with van der Waals surface area (Å²) >= 11 is 0. The minimum Gasteiger partial charge on any atom is -0.329 e. The number of rotatable bonds is 2. The Balaban J connectivity index is 1.93. The zero-order valence-electron chi connectivity index (χ0n) is 11.0. The highest BCUT2D eigenvalue weighted by Gasteiger charge is 2.44. The first-order chi connectivity index (χ1) is 9.16. The highest BCUT2D eigenvalue weighted by Crippen LogP contribution is 2.41. The van der Waals surface area contributed by atoms with Crippen molar-refractivity contribution in [3.05, 3.63) is 29.6 Å². The van der Waals surface area contributed by atoms with Crippen LogP contribution in [0.5, 0.6) is 0 Å². The molecule has 2 N–H and O–H groups in total. The van der Waals surface area contributed by atoms with Gasteiger partial charge in [-0.05, 0) is 37.0 Å². The summed E-state index contributed by atoms with van der Waals surface area (Å²) < 4.78 is 13.4. The Morgan fingerprint density at radius 3 is 2.79 bits per heavy atom. The van der Waals surface area contributed by atoms with Gasteiger partial charge < -0.3 is 10.6 Å². The lowest BCUT2D eigenvalue weighted by Crippen LogP contribution is -2.46. The fraction of sp³-hybridized carbons (Fsp3) is 0.533. The van der Waals surface area contributed by atoms with E-state index in [9.17, 15) is 9.18 Å². The van der Waals surface area contributed by atoms with Crippen LogP contribution in [0.25, 0.3) is 0 Å².